The Kier molecular flexibility index (Phi) is 11.8. The molecular formula is C18H40O2. The Labute approximate surface area is 128 Å². The molecule has 0 rings (SSSR count). The molecule has 2 N–H and O–H groups in total. The van der Waals surface area contributed by atoms with E-state index in [1.807, 2.05) is 27.7 Å². The van der Waals surface area contributed by atoms with E-state index in [9.17, 15) is 10.2 Å². The SMILES string of the molecule is CC[C@@](C)(O)CCC(C)C.CC[C@](C)(O)CCC(C)C. The van der Waals surface area contributed by atoms with Gasteiger partial charge in [-0.05, 0) is 64.2 Å². The molecule has 0 saturated carbocycles. The highest BCUT2D eigenvalue weighted by Crippen LogP contribution is 2.19. The van der Waals surface area contributed by atoms with E-state index in [2.05, 4.69) is 27.7 Å². The van der Waals surface area contributed by atoms with Gasteiger partial charge in [-0.1, -0.05) is 41.5 Å². The summed E-state index contributed by atoms with van der Waals surface area (Å²) in [4.78, 5) is 0. The van der Waals surface area contributed by atoms with Gasteiger partial charge in [0.05, 0.1) is 11.2 Å². The first-order valence-corrected chi connectivity index (χ1v) is 8.40. The van der Waals surface area contributed by atoms with Crippen molar-refractivity contribution in [2.75, 3.05) is 0 Å². The molecular weight excluding hydrogens is 248 g/mol. The van der Waals surface area contributed by atoms with E-state index in [4.69, 9.17) is 0 Å². The van der Waals surface area contributed by atoms with Crippen molar-refractivity contribution in [3.05, 3.63) is 0 Å². The van der Waals surface area contributed by atoms with Gasteiger partial charge in [-0.25, -0.2) is 0 Å². The molecule has 0 spiro atoms. The van der Waals surface area contributed by atoms with Crippen molar-refractivity contribution in [2.45, 2.75) is 105 Å². The predicted molar refractivity (Wildman–Crippen MR) is 90.0 cm³/mol. The Bertz CT molecular complexity index is 193. The first-order valence-electron chi connectivity index (χ1n) is 8.40. The molecule has 0 aromatic rings. The summed E-state index contributed by atoms with van der Waals surface area (Å²) in [7, 11) is 0. The minimum atomic E-state index is -0.426. The molecule has 2 atom stereocenters. The fourth-order valence-corrected chi connectivity index (χ4v) is 1.55. The van der Waals surface area contributed by atoms with Crippen molar-refractivity contribution in [2.24, 2.45) is 11.8 Å². The number of hydrogen-bond donors (Lipinski definition) is 2. The standard InChI is InChI=1S/2C9H20O/c2*1-5-9(4,10)7-6-8(2)3/h2*8,10H,5-7H2,1-4H3/t2*9-/m10/s1. The summed E-state index contributed by atoms with van der Waals surface area (Å²) in [6.45, 7) is 16.6. The second-order valence-corrected chi connectivity index (χ2v) is 7.57. The van der Waals surface area contributed by atoms with E-state index in [1.165, 1.54) is 0 Å². The van der Waals surface area contributed by atoms with Gasteiger partial charge in [0.15, 0.2) is 0 Å². The van der Waals surface area contributed by atoms with Crippen LogP contribution in [0.25, 0.3) is 0 Å². The van der Waals surface area contributed by atoms with E-state index in [0.29, 0.717) is 11.8 Å². The molecule has 0 fully saturated rings. The molecule has 0 bridgehead atoms. The summed E-state index contributed by atoms with van der Waals surface area (Å²) in [5.41, 5.74) is -0.853. The number of rotatable bonds is 8. The van der Waals surface area contributed by atoms with Gasteiger partial charge in [-0.15, -0.1) is 0 Å². The maximum absolute atomic E-state index is 9.57. The van der Waals surface area contributed by atoms with E-state index >= 15 is 0 Å². The molecule has 0 saturated heterocycles. The van der Waals surface area contributed by atoms with Crippen LogP contribution in [0.5, 0.6) is 0 Å². The molecule has 124 valence electrons. The molecule has 0 aromatic heterocycles. The quantitative estimate of drug-likeness (QED) is 0.647. The van der Waals surface area contributed by atoms with Crippen molar-refractivity contribution in [3.8, 4) is 0 Å². The second kappa shape index (κ2) is 10.6. The average molecular weight is 289 g/mol. The largest absolute Gasteiger partial charge is 0.390 e. The summed E-state index contributed by atoms with van der Waals surface area (Å²) >= 11 is 0. The first kappa shape index (κ1) is 22.2. The molecule has 0 radical (unpaired) electrons. The normalized spacial score (nSPS) is 17.4. The van der Waals surface area contributed by atoms with Gasteiger partial charge in [-0.3, -0.25) is 0 Å². The van der Waals surface area contributed by atoms with Gasteiger partial charge in [0.2, 0.25) is 0 Å². The van der Waals surface area contributed by atoms with Crippen LogP contribution in [0, 0.1) is 11.8 Å². The van der Waals surface area contributed by atoms with Crippen molar-refractivity contribution in [1.82, 2.24) is 0 Å². The maximum atomic E-state index is 9.57. The van der Waals surface area contributed by atoms with Crippen LogP contribution >= 0.6 is 0 Å². The van der Waals surface area contributed by atoms with Crippen LogP contribution in [0.2, 0.25) is 0 Å². The molecule has 2 nitrogen and oxygen atoms in total. The molecule has 0 aliphatic rings. The average Bonchev–Trinajstić information content (AvgIpc) is 2.35. The monoisotopic (exact) mass is 288 g/mol. The van der Waals surface area contributed by atoms with E-state index in [-0.39, 0.29) is 0 Å². The van der Waals surface area contributed by atoms with E-state index < -0.39 is 11.2 Å². The van der Waals surface area contributed by atoms with Gasteiger partial charge in [0, 0.05) is 0 Å². The molecule has 20 heavy (non-hydrogen) atoms. The smallest absolute Gasteiger partial charge is 0.0617 e. The Balaban J connectivity index is 0. The highest BCUT2D eigenvalue weighted by molar-refractivity contribution is 4.70. The van der Waals surface area contributed by atoms with Crippen LogP contribution in [0.15, 0.2) is 0 Å². The fraction of sp³-hybridized carbons (Fsp3) is 1.00. The molecule has 0 aromatic carbocycles. The van der Waals surface area contributed by atoms with Crippen LogP contribution in [-0.2, 0) is 0 Å². The van der Waals surface area contributed by atoms with Gasteiger partial charge in [0.1, 0.15) is 0 Å². The van der Waals surface area contributed by atoms with Crippen LogP contribution in [0.3, 0.4) is 0 Å². The van der Waals surface area contributed by atoms with Crippen molar-refractivity contribution in [1.29, 1.82) is 0 Å². The van der Waals surface area contributed by atoms with E-state index in [1.54, 1.807) is 0 Å². The summed E-state index contributed by atoms with van der Waals surface area (Å²) < 4.78 is 0. The van der Waals surface area contributed by atoms with Crippen molar-refractivity contribution < 1.29 is 10.2 Å². The predicted octanol–water partition coefficient (Wildman–Crippen LogP) is 5.17. The van der Waals surface area contributed by atoms with Gasteiger partial charge in [-0.2, -0.15) is 0 Å². The maximum Gasteiger partial charge on any atom is 0.0617 e. The minimum absolute atomic E-state index is 0.426. The number of aliphatic hydroxyl groups is 2. The Morgan fingerprint density at radius 1 is 0.700 bits per heavy atom. The second-order valence-electron chi connectivity index (χ2n) is 7.57. The van der Waals surface area contributed by atoms with Crippen LogP contribution in [-0.4, -0.2) is 21.4 Å². The first-order chi connectivity index (χ1) is 8.95. The van der Waals surface area contributed by atoms with Crippen molar-refractivity contribution >= 4 is 0 Å². The van der Waals surface area contributed by atoms with E-state index in [0.717, 1.165) is 38.5 Å². The third-order valence-corrected chi connectivity index (χ3v) is 4.04. The van der Waals surface area contributed by atoms with Gasteiger partial charge >= 0.3 is 0 Å². The Morgan fingerprint density at radius 3 is 1.10 bits per heavy atom. The van der Waals surface area contributed by atoms with Crippen LogP contribution < -0.4 is 0 Å². The zero-order valence-corrected chi connectivity index (χ0v) is 15.3. The summed E-state index contributed by atoms with van der Waals surface area (Å²) in [6.07, 6.45) is 5.84. The molecule has 0 aliphatic carbocycles. The summed E-state index contributed by atoms with van der Waals surface area (Å²) in [5, 5.41) is 19.1. The fourth-order valence-electron chi connectivity index (χ4n) is 1.55. The lowest BCUT2D eigenvalue weighted by molar-refractivity contribution is 0.0411. The lowest BCUT2D eigenvalue weighted by atomic mass is 9.93. The lowest BCUT2D eigenvalue weighted by Gasteiger charge is -2.21. The zero-order valence-electron chi connectivity index (χ0n) is 15.3. The van der Waals surface area contributed by atoms with Crippen LogP contribution in [0.1, 0.15) is 93.9 Å². The zero-order chi connectivity index (χ0) is 16.4. The third-order valence-electron chi connectivity index (χ3n) is 4.04. The number of hydrogen-bond acceptors (Lipinski definition) is 2. The van der Waals surface area contributed by atoms with Crippen molar-refractivity contribution in [3.63, 3.8) is 0 Å². The molecule has 0 unspecified atom stereocenters. The van der Waals surface area contributed by atoms with Gasteiger partial charge in [0.25, 0.3) is 0 Å². The van der Waals surface area contributed by atoms with Crippen LogP contribution in [0.4, 0.5) is 0 Å². The highest BCUT2D eigenvalue weighted by Gasteiger charge is 2.17. The molecule has 0 aliphatic heterocycles. The lowest BCUT2D eigenvalue weighted by Crippen LogP contribution is -2.22. The Morgan fingerprint density at radius 2 is 0.950 bits per heavy atom. The highest BCUT2D eigenvalue weighted by atomic mass is 16.3. The molecule has 2 heteroatoms. The Hall–Kier alpha value is -0.0800. The summed E-state index contributed by atoms with van der Waals surface area (Å²) in [5.74, 6) is 1.41. The topological polar surface area (TPSA) is 40.5 Å². The summed E-state index contributed by atoms with van der Waals surface area (Å²) in [6, 6.07) is 0. The third kappa shape index (κ3) is 16.0. The molecule has 0 heterocycles. The van der Waals surface area contributed by atoms with Gasteiger partial charge < -0.3 is 10.2 Å². The minimum Gasteiger partial charge on any atom is -0.390 e. The molecule has 0 amide bonds.